The lowest BCUT2D eigenvalue weighted by molar-refractivity contribution is -0.144. The summed E-state index contributed by atoms with van der Waals surface area (Å²) in [6.45, 7) is 2.89. The highest BCUT2D eigenvalue weighted by atomic mass is 32.2. The second-order valence-electron chi connectivity index (χ2n) is 3.98. The fourth-order valence-corrected chi connectivity index (χ4v) is 2.77. The molecule has 2 unspecified atom stereocenters. The van der Waals surface area contributed by atoms with Gasteiger partial charge in [0.15, 0.2) is 5.54 Å². The van der Waals surface area contributed by atoms with E-state index in [0.717, 1.165) is 4.31 Å². The fourth-order valence-electron chi connectivity index (χ4n) is 2.00. The van der Waals surface area contributed by atoms with Crippen molar-refractivity contribution in [2.75, 3.05) is 13.1 Å². The normalized spacial score (nSPS) is 28.6. The molecule has 1 aliphatic rings. The maximum absolute atomic E-state index is 11.3. The maximum Gasteiger partial charge on any atom is 0.317 e. The molecule has 18 heavy (non-hydrogen) atoms. The average molecular weight is 275 g/mol. The van der Waals surface area contributed by atoms with Crippen LogP contribution in [-0.2, 0) is 15.0 Å². The van der Waals surface area contributed by atoms with Crippen molar-refractivity contribution in [1.82, 2.24) is 4.31 Å². The Morgan fingerprint density at radius 1 is 1.78 bits per heavy atom. The zero-order valence-electron chi connectivity index (χ0n) is 9.43. The highest BCUT2D eigenvalue weighted by Gasteiger charge is 2.54. The summed E-state index contributed by atoms with van der Waals surface area (Å²) in [6.07, 6.45) is 1.65. The number of rotatable bonds is 5. The standard InChI is InChI=1S/C8H13N5O4S/c1-2-3-6-4-13(18(10,16)17)5-8(6,7(14)15)11-12-9/h2,6H,1,3-5H2,(H,14,15)(H2,10,16,17). The summed E-state index contributed by atoms with van der Waals surface area (Å²) >= 11 is 0. The first-order valence-electron chi connectivity index (χ1n) is 4.96. The Morgan fingerprint density at radius 3 is 2.78 bits per heavy atom. The molecule has 1 saturated heterocycles. The van der Waals surface area contributed by atoms with Crippen molar-refractivity contribution in [2.24, 2.45) is 16.2 Å². The molecule has 0 aromatic heterocycles. The number of carboxylic acid groups (broad SMARTS) is 1. The molecule has 0 bridgehead atoms. The van der Waals surface area contributed by atoms with Gasteiger partial charge in [-0.1, -0.05) is 11.2 Å². The summed E-state index contributed by atoms with van der Waals surface area (Å²) in [5.74, 6) is -2.07. The molecule has 0 aromatic carbocycles. The number of hydrogen-bond acceptors (Lipinski definition) is 4. The van der Waals surface area contributed by atoms with Crippen molar-refractivity contribution in [2.45, 2.75) is 12.0 Å². The van der Waals surface area contributed by atoms with Crippen LogP contribution in [0.3, 0.4) is 0 Å². The minimum absolute atomic E-state index is 0.115. The third-order valence-electron chi connectivity index (χ3n) is 2.92. The molecule has 0 aliphatic carbocycles. The smallest absolute Gasteiger partial charge is 0.317 e. The van der Waals surface area contributed by atoms with Gasteiger partial charge in [-0.15, -0.1) is 6.58 Å². The summed E-state index contributed by atoms with van der Waals surface area (Å²) < 4.78 is 23.3. The lowest BCUT2D eigenvalue weighted by atomic mass is 9.85. The average Bonchev–Trinajstić information content (AvgIpc) is 2.59. The van der Waals surface area contributed by atoms with E-state index in [4.69, 9.17) is 10.7 Å². The molecule has 0 amide bonds. The van der Waals surface area contributed by atoms with E-state index in [1.165, 1.54) is 6.08 Å². The van der Waals surface area contributed by atoms with E-state index in [0.29, 0.717) is 0 Å². The third-order valence-corrected chi connectivity index (χ3v) is 3.92. The number of aliphatic carboxylic acids is 1. The van der Waals surface area contributed by atoms with E-state index in [-0.39, 0.29) is 13.0 Å². The Bertz CT molecular complexity index is 508. The number of carbonyl (C=O) groups is 1. The van der Waals surface area contributed by atoms with Crippen LogP contribution in [0.5, 0.6) is 0 Å². The summed E-state index contributed by atoms with van der Waals surface area (Å²) in [6, 6.07) is 0. The van der Waals surface area contributed by atoms with Gasteiger partial charge in [-0.2, -0.15) is 12.7 Å². The molecular weight excluding hydrogens is 262 g/mol. The molecule has 2 atom stereocenters. The third kappa shape index (κ3) is 2.46. The summed E-state index contributed by atoms with van der Waals surface area (Å²) in [5.41, 5.74) is 6.65. The van der Waals surface area contributed by atoms with Crippen LogP contribution in [0.1, 0.15) is 6.42 Å². The van der Waals surface area contributed by atoms with Crippen LogP contribution >= 0.6 is 0 Å². The van der Waals surface area contributed by atoms with Crippen molar-refractivity contribution < 1.29 is 18.3 Å². The number of nitrogens with zero attached hydrogens (tertiary/aromatic N) is 4. The predicted octanol–water partition coefficient (Wildman–Crippen LogP) is -0.169. The van der Waals surface area contributed by atoms with Gasteiger partial charge < -0.3 is 5.11 Å². The van der Waals surface area contributed by atoms with Crippen LogP contribution in [0, 0.1) is 5.92 Å². The van der Waals surface area contributed by atoms with Crippen LogP contribution < -0.4 is 5.14 Å². The van der Waals surface area contributed by atoms with Gasteiger partial charge in [-0.05, 0) is 17.9 Å². The van der Waals surface area contributed by atoms with Crippen molar-refractivity contribution in [3.8, 4) is 0 Å². The molecule has 0 aromatic rings. The molecule has 9 nitrogen and oxygen atoms in total. The quantitative estimate of drug-likeness (QED) is 0.310. The zero-order valence-corrected chi connectivity index (χ0v) is 10.2. The molecule has 0 spiro atoms. The van der Waals surface area contributed by atoms with E-state index in [2.05, 4.69) is 16.6 Å². The summed E-state index contributed by atoms with van der Waals surface area (Å²) in [5, 5.41) is 17.5. The van der Waals surface area contributed by atoms with Crippen LogP contribution in [0.4, 0.5) is 0 Å². The Balaban J connectivity index is 3.25. The Hall–Kier alpha value is -1.61. The second-order valence-corrected chi connectivity index (χ2v) is 5.52. The minimum Gasteiger partial charge on any atom is -0.481 e. The largest absolute Gasteiger partial charge is 0.481 e. The minimum atomic E-state index is -4.02. The van der Waals surface area contributed by atoms with Crippen molar-refractivity contribution in [3.63, 3.8) is 0 Å². The molecule has 100 valence electrons. The topological polar surface area (TPSA) is 149 Å². The van der Waals surface area contributed by atoms with E-state index in [1.54, 1.807) is 0 Å². The van der Waals surface area contributed by atoms with Gasteiger partial charge in [0, 0.05) is 18.0 Å². The highest BCUT2D eigenvalue weighted by molar-refractivity contribution is 7.86. The molecule has 0 radical (unpaired) electrons. The first-order valence-corrected chi connectivity index (χ1v) is 6.46. The van der Waals surface area contributed by atoms with Gasteiger partial charge in [0.2, 0.25) is 0 Å². The molecule has 1 fully saturated rings. The number of nitrogens with two attached hydrogens (primary N) is 1. The SMILES string of the molecule is C=CCC1CN(S(N)(=O)=O)CC1(N=[N+]=[N-])C(=O)O. The van der Waals surface area contributed by atoms with Gasteiger partial charge in [-0.3, -0.25) is 4.79 Å². The van der Waals surface area contributed by atoms with Gasteiger partial charge in [-0.25, -0.2) is 5.14 Å². The summed E-state index contributed by atoms with van der Waals surface area (Å²) in [4.78, 5) is 13.8. The molecule has 1 rings (SSSR count). The Kier molecular flexibility index (Phi) is 3.97. The van der Waals surface area contributed by atoms with Gasteiger partial charge in [0.1, 0.15) is 0 Å². The lowest BCUT2D eigenvalue weighted by Crippen LogP contribution is -2.45. The summed E-state index contributed by atoms with van der Waals surface area (Å²) in [7, 11) is -4.02. The Labute approximate surface area is 104 Å². The van der Waals surface area contributed by atoms with Crippen LogP contribution in [0.15, 0.2) is 17.8 Å². The zero-order chi connectivity index (χ0) is 14.0. The van der Waals surface area contributed by atoms with Crippen LogP contribution in [0.2, 0.25) is 0 Å². The van der Waals surface area contributed by atoms with Crippen molar-refractivity contribution in [3.05, 3.63) is 23.1 Å². The van der Waals surface area contributed by atoms with E-state index in [9.17, 15) is 18.3 Å². The van der Waals surface area contributed by atoms with Crippen molar-refractivity contribution in [1.29, 1.82) is 0 Å². The molecule has 3 N–H and O–H groups in total. The maximum atomic E-state index is 11.3. The first kappa shape index (κ1) is 14.5. The lowest BCUT2D eigenvalue weighted by Gasteiger charge is -2.23. The molecule has 0 saturated carbocycles. The van der Waals surface area contributed by atoms with E-state index >= 15 is 0 Å². The van der Waals surface area contributed by atoms with Gasteiger partial charge in [0.05, 0.1) is 0 Å². The predicted molar refractivity (Wildman–Crippen MR) is 62.5 cm³/mol. The highest BCUT2D eigenvalue weighted by Crippen LogP contribution is 2.35. The Morgan fingerprint density at radius 2 is 2.39 bits per heavy atom. The van der Waals surface area contributed by atoms with Crippen LogP contribution in [-0.4, -0.2) is 42.4 Å². The molecule has 10 heteroatoms. The van der Waals surface area contributed by atoms with E-state index < -0.39 is 34.2 Å². The van der Waals surface area contributed by atoms with Crippen molar-refractivity contribution >= 4 is 16.2 Å². The molecular formula is C8H13N5O4S. The monoisotopic (exact) mass is 275 g/mol. The second kappa shape index (κ2) is 4.94. The first-order chi connectivity index (χ1) is 8.28. The number of allylic oxidation sites excluding steroid dienone is 1. The van der Waals surface area contributed by atoms with Crippen LogP contribution in [0.25, 0.3) is 10.4 Å². The van der Waals surface area contributed by atoms with Gasteiger partial charge in [0.25, 0.3) is 10.2 Å². The number of carboxylic acids is 1. The molecule has 1 aliphatic heterocycles. The van der Waals surface area contributed by atoms with Gasteiger partial charge >= 0.3 is 5.97 Å². The number of azide groups is 1. The van der Waals surface area contributed by atoms with E-state index in [1.807, 2.05) is 0 Å². The fraction of sp³-hybridized carbons (Fsp3) is 0.625. The number of hydrogen-bond donors (Lipinski definition) is 2. The molecule has 1 heterocycles.